The van der Waals surface area contributed by atoms with E-state index in [1.165, 1.54) is 23.3 Å². The minimum absolute atomic E-state index is 0.00975. The number of aryl methyl sites for hydroxylation is 1. The number of rotatable bonds is 6. The molecule has 0 bridgehead atoms. The summed E-state index contributed by atoms with van der Waals surface area (Å²) < 4.78 is 27.7. The van der Waals surface area contributed by atoms with Crippen molar-refractivity contribution in [1.82, 2.24) is 10.0 Å². The highest BCUT2D eigenvalue weighted by Gasteiger charge is 2.21. The van der Waals surface area contributed by atoms with Gasteiger partial charge in [-0.2, -0.15) is 0 Å². The Morgan fingerprint density at radius 3 is 2.62 bits per heavy atom. The summed E-state index contributed by atoms with van der Waals surface area (Å²) in [7, 11) is -3.61. The Hall–Kier alpha value is -1.70. The zero-order valence-corrected chi connectivity index (χ0v) is 16.6. The second kappa shape index (κ2) is 8.33. The molecule has 1 aliphatic carbocycles. The lowest BCUT2D eigenvalue weighted by Crippen LogP contribution is -2.34. The van der Waals surface area contributed by atoms with Crippen LogP contribution in [0.25, 0.3) is 0 Å². The van der Waals surface area contributed by atoms with Crippen LogP contribution >= 0.6 is 15.9 Å². The number of fused-ring (bicyclic) bond motifs is 1. The Kier molecular flexibility index (Phi) is 6.11. The van der Waals surface area contributed by atoms with Crippen molar-refractivity contribution in [2.24, 2.45) is 0 Å². The molecule has 0 saturated carbocycles. The lowest BCUT2D eigenvalue weighted by Gasteiger charge is -2.26. The number of benzene rings is 2. The van der Waals surface area contributed by atoms with E-state index >= 15 is 0 Å². The fourth-order valence-electron chi connectivity index (χ4n) is 3.17. The molecule has 1 atom stereocenters. The summed E-state index contributed by atoms with van der Waals surface area (Å²) in [5.74, 6) is -0.148. The standard InChI is InChI=1S/C19H21BrN2O3S/c20-15-8-10-16(11-9-15)26(24,25)21-13-12-19(23)22-18-7-3-5-14-4-1-2-6-17(14)18/h1-2,4,6,8-11,18,21H,3,5,7,12-13H2,(H,22,23). The first-order valence-corrected chi connectivity index (χ1v) is 10.9. The zero-order chi connectivity index (χ0) is 18.6. The Labute approximate surface area is 162 Å². The van der Waals surface area contributed by atoms with Crippen LogP contribution in [0.3, 0.4) is 0 Å². The van der Waals surface area contributed by atoms with Gasteiger partial charge in [-0.3, -0.25) is 4.79 Å². The maximum Gasteiger partial charge on any atom is 0.240 e. The van der Waals surface area contributed by atoms with Gasteiger partial charge in [-0.25, -0.2) is 13.1 Å². The first kappa shape index (κ1) is 19.1. The van der Waals surface area contributed by atoms with Crippen LogP contribution in [0.5, 0.6) is 0 Å². The van der Waals surface area contributed by atoms with Gasteiger partial charge in [-0.1, -0.05) is 40.2 Å². The maximum absolute atomic E-state index is 12.2. The molecule has 0 radical (unpaired) electrons. The first-order valence-electron chi connectivity index (χ1n) is 8.58. The Morgan fingerprint density at radius 2 is 1.85 bits per heavy atom. The van der Waals surface area contributed by atoms with Crippen LogP contribution in [0.4, 0.5) is 0 Å². The molecule has 0 aromatic heterocycles. The fourth-order valence-corrected chi connectivity index (χ4v) is 4.46. The molecule has 0 fully saturated rings. The molecule has 0 spiro atoms. The van der Waals surface area contributed by atoms with Gasteiger partial charge in [0.15, 0.2) is 0 Å². The lowest BCUT2D eigenvalue weighted by atomic mass is 9.88. The average Bonchev–Trinajstić information content (AvgIpc) is 2.62. The highest BCUT2D eigenvalue weighted by molar-refractivity contribution is 9.10. The third-order valence-corrected chi connectivity index (χ3v) is 6.48. The van der Waals surface area contributed by atoms with E-state index in [2.05, 4.69) is 38.1 Å². The van der Waals surface area contributed by atoms with Gasteiger partial charge in [0.25, 0.3) is 0 Å². The molecular weight excluding hydrogens is 416 g/mol. The van der Waals surface area contributed by atoms with E-state index in [0.29, 0.717) is 0 Å². The normalized spacial score (nSPS) is 16.7. The van der Waals surface area contributed by atoms with Gasteiger partial charge >= 0.3 is 0 Å². The number of hydrogen-bond donors (Lipinski definition) is 2. The minimum Gasteiger partial charge on any atom is -0.349 e. The number of carbonyl (C=O) groups is 1. The van der Waals surface area contributed by atoms with Gasteiger partial charge in [0.05, 0.1) is 10.9 Å². The van der Waals surface area contributed by atoms with Crippen molar-refractivity contribution in [3.05, 3.63) is 64.1 Å². The van der Waals surface area contributed by atoms with Crippen LogP contribution in [0.2, 0.25) is 0 Å². The molecule has 5 nitrogen and oxygen atoms in total. The lowest BCUT2D eigenvalue weighted by molar-refractivity contribution is -0.121. The first-order chi connectivity index (χ1) is 12.5. The SMILES string of the molecule is O=C(CCNS(=O)(=O)c1ccc(Br)cc1)NC1CCCc2ccccc21. The Bertz CT molecular complexity index is 882. The molecule has 7 heteroatoms. The number of nitrogens with one attached hydrogen (secondary N) is 2. The van der Waals surface area contributed by atoms with Crippen LogP contribution in [-0.4, -0.2) is 20.9 Å². The van der Waals surface area contributed by atoms with Crippen LogP contribution in [0.1, 0.15) is 36.4 Å². The second-order valence-electron chi connectivity index (χ2n) is 6.31. The summed E-state index contributed by atoms with van der Waals surface area (Å²) in [6.07, 6.45) is 3.09. The van der Waals surface area contributed by atoms with Crippen LogP contribution in [-0.2, 0) is 21.2 Å². The maximum atomic E-state index is 12.2. The predicted molar refractivity (Wildman–Crippen MR) is 104 cm³/mol. The minimum atomic E-state index is -3.61. The van der Waals surface area contributed by atoms with Crippen molar-refractivity contribution in [3.63, 3.8) is 0 Å². The van der Waals surface area contributed by atoms with E-state index in [1.54, 1.807) is 12.1 Å². The van der Waals surface area contributed by atoms with E-state index in [4.69, 9.17) is 0 Å². The topological polar surface area (TPSA) is 75.3 Å². The number of amides is 1. The van der Waals surface area contributed by atoms with Gasteiger partial charge in [0.1, 0.15) is 0 Å². The predicted octanol–water partition coefficient (Wildman–Crippen LogP) is 3.31. The Balaban J connectivity index is 1.53. The molecule has 2 aromatic carbocycles. The smallest absolute Gasteiger partial charge is 0.240 e. The van der Waals surface area contributed by atoms with Crippen molar-refractivity contribution in [2.45, 2.75) is 36.6 Å². The molecule has 3 rings (SSSR count). The van der Waals surface area contributed by atoms with E-state index in [1.807, 2.05) is 12.1 Å². The molecule has 2 N–H and O–H groups in total. The molecule has 0 aliphatic heterocycles. The molecule has 1 amide bonds. The monoisotopic (exact) mass is 436 g/mol. The number of carbonyl (C=O) groups excluding carboxylic acids is 1. The molecule has 2 aromatic rings. The third kappa shape index (κ3) is 4.72. The van der Waals surface area contributed by atoms with E-state index in [9.17, 15) is 13.2 Å². The zero-order valence-electron chi connectivity index (χ0n) is 14.2. The van der Waals surface area contributed by atoms with Gasteiger partial charge in [0.2, 0.25) is 15.9 Å². The number of sulfonamides is 1. The van der Waals surface area contributed by atoms with Crippen molar-refractivity contribution < 1.29 is 13.2 Å². The summed E-state index contributed by atoms with van der Waals surface area (Å²) in [5, 5.41) is 3.03. The van der Waals surface area contributed by atoms with Gasteiger partial charge in [0, 0.05) is 17.4 Å². The second-order valence-corrected chi connectivity index (χ2v) is 9.00. The molecule has 0 heterocycles. The van der Waals surface area contributed by atoms with Crippen molar-refractivity contribution in [2.75, 3.05) is 6.54 Å². The van der Waals surface area contributed by atoms with E-state index < -0.39 is 10.0 Å². The summed E-state index contributed by atoms with van der Waals surface area (Å²) in [4.78, 5) is 12.4. The van der Waals surface area contributed by atoms with Gasteiger partial charge < -0.3 is 5.32 Å². The molecule has 26 heavy (non-hydrogen) atoms. The number of halogens is 1. The molecular formula is C19H21BrN2O3S. The van der Waals surface area contributed by atoms with Crippen molar-refractivity contribution in [1.29, 1.82) is 0 Å². The largest absolute Gasteiger partial charge is 0.349 e. The quantitative estimate of drug-likeness (QED) is 0.728. The van der Waals surface area contributed by atoms with E-state index in [0.717, 1.165) is 23.7 Å². The van der Waals surface area contributed by atoms with Crippen molar-refractivity contribution in [3.8, 4) is 0 Å². The molecule has 138 valence electrons. The van der Waals surface area contributed by atoms with Gasteiger partial charge in [-0.15, -0.1) is 0 Å². The van der Waals surface area contributed by atoms with E-state index in [-0.39, 0.29) is 29.8 Å². The van der Waals surface area contributed by atoms with Crippen molar-refractivity contribution >= 4 is 31.9 Å². The highest BCUT2D eigenvalue weighted by atomic mass is 79.9. The third-order valence-electron chi connectivity index (χ3n) is 4.47. The van der Waals surface area contributed by atoms with Crippen LogP contribution in [0.15, 0.2) is 57.9 Å². The van der Waals surface area contributed by atoms with Crippen LogP contribution < -0.4 is 10.0 Å². The molecule has 1 aliphatic rings. The highest BCUT2D eigenvalue weighted by Crippen LogP contribution is 2.29. The summed E-state index contributed by atoms with van der Waals surface area (Å²) in [5.41, 5.74) is 2.45. The average molecular weight is 437 g/mol. The summed E-state index contributed by atoms with van der Waals surface area (Å²) in [6.45, 7) is 0.0681. The summed E-state index contributed by atoms with van der Waals surface area (Å²) in [6, 6.07) is 14.5. The van der Waals surface area contributed by atoms with Gasteiger partial charge in [-0.05, 0) is 54.7 Å². The fraction of sp³-hybridized carbons (Fsp3) is 0.316. The Morgan fingerprint density at radius 1 is 1.12 bits per heavy atom. The summed E-state index contributed by atoms with van der Waals surface area (Å²) >= 11 is 3.27. The number of hydrogen-bond acceptors (Lipinski definition) is 3. The van der Waals surface area contributed by atoms with Crippen LogP contribution in [0, 0.1) is 0 Å². The molecule has 0 saturated heterocycles. The molecule has 1 unspecified atom stereocenters.